The van der Waals surface area contributed by atoms with Gasteiger partial charge < -0.3 is 18.9 Å². The standard InChI is InChI=1S/C25H44O6/c1-23-12-14-24(15-13-23)30-17-10-8-6-4-3-5-7-9-11-25(31-26)16-18-28-21-22-29-20-19-27-2/h12-15,25-26H,3-11,16-22H2,1-2H3. The highest BCUT2D eigenvalue weighted by molar-refractivity contribution is 5.26. The predicted octanol–water partition coefficient (Wildman–Crippen LogP) is 5.81. The fourth-order valence-corrected chi connectivity index (χ4v) is 3.29. The van der Waals surface area contributed by atoms with Crippen molar-refractivity contribution in [2.45, 2.75) is 77.2 Å². The normalized spacial score (nSPS) is 12.2. The van der Waals surface area contributed by atoms with Gasteiger partial charge in [-0.1, -0.05) is 62.6 Å². The van der Waals surface area contributed by atoms with Crippen molar-refractivity contribution in [3.05, 3.63) is 29.8 Å². The van der Waals surface area contributed by atoms with Crippen LogP contribution >= 0.6 is 0 Å². The Hall–Kier alpha value is -1.18. The van der Waals surface area contributed by atoms with E-state index in [2.05, 4.69) is 23.9 Å². The Labute approximate surface area is 189 Å². The van der Waals surface area contributed by atoms with Gasteiger partial charge in [0.15, 0.2) is 0 Å². The van der Waals surface area contributed by atoms with Gasteiger partial charge in [0.25, 0.3) is 0 Å². The fourth-order valence-electron chi connectivity index (χ4n) is 3.29. The molecule has 0 aliphatic heterocycles. The van der Waals surface area contributed by atoms with E-state index in [9.17, 15) is 0 Å². The second kappa shape index (κ2) is 20.7. The number of methoxy groups -OCH3 is 1. The van der Waals surface area contributed by atoms with E-state index in [1.54, 1.807) is 7.11 Å². The van der Waals surface area contributed by atoms with E-state index in [4.69, 9.17) is 24.2 Å². The SMILES string of the molecule is COCCOCCOCCC(CCCCCCCCCCOc1ccc(C)cc1)OO. The predicted molar refractivity (Wildman–Crippen MR) is 124 cm³/mol. The van der Waals surface area contributed by atoms with Crippen LogP contribution in [0.3, 0.4) is 0 Å². The van der Waals surface area contributed by atoms with Gasteiger partial charge in [-0.05, 0) is 31.9 Å². The van der Waals surface area contributed by atoms with Crippen LogP contribution in [0.5, 0.6) is 5.75 Å². The lowest BCUT2D eigenvalue weighted by molar-refractivity contribution is -0.282. The van der Waals surface area contributed by atoms with Crippen molar-refractivity contribution in [3.63, 3.8) is 0 Å². The molecule has 0 saturated carbocycles. The van der Waals surface area contributed by atoms with Crippen LogP contribution in [0.4, 0.5) is 0 Å². The molecule has 1 unspecified atom stereocenters. The van der Waals surface area contributed by atoms with Gasteiger partial charge in [-0.15, -0.1) is 0 Å². The van der Waals surface area contributed by atoms with Gasteiger partial charge in [0.05, 0.1) is 39.1 Å². The van der Waals surface area contributed by atoms with Crippen LogP contribution in [0, 0.1) is 6.92 Å². The number of ether oxygens (including phenoxy) is 4. The van der Waals surface area contributed by atoms with E-state index in [1.165, 1.54) is 44.1 Å². The van der Waals surface area contributed by atoms with Crippen LogP contribution in [0.15, 0.2) is 24.3 Å². The summed E-state index contributed by atoms with van der Waals surface area (Å²) in [7, 11) is 1.65. The smallest absolute Gasteiger partial charge is 0.119 e. The Morgan fingerprint density at radius 3 is 1.90 bits per heavy atom. The number of hydrogen-bond acceptors (Lipinski definition) is 6. The summed E-state index contributed by atoms with van der Waals surface area (Å²) in [6.45, 7) is 5.77. The summed E-state index contributed by atoms with van der Waals surface area (Å²) in [5, 5.41) is 9.05. The molecule has 0 amide bonds. The third-order valence-corrected chi connectivity index (χ3v) is 5.25. The first kappa shape index (κ1) is 27.9. The van der Waals surface area contributed by atoms with E-state index in [0.29, 0.717) is 39.5 Å². The molecule has 0 aliphatic carbocycles. The molecule has 1 atom stereocenters. The minimum absolute atomic E-state index is 0.136. The van der Waals surface area contributed by atoms with E-state index >= 15 is 0 Å². The third kappa shape index (κ3) is 17.1. The van der Waals surface area contributed by atoms with Gasteiger partial charge in [-0.25, -0.2) is 4.89 Å². The van der Waals surface area contributed by atoms with Crippen molar-refractivity contribution in [2.75, 3.05) is 46.8 Å². The fraction of sp³-hybridized carbons (Fsp3) is 0.760. The van der Waals surface area contributed by atoms with Crippen LogP contribution in [-0.4, -0.2) is 58.1 Å². The monoisotopic (exact) mass is 440 g/mol. The average Bonchev–Trinajstić information content (AvgIpc) is 2.79. The first-order valence-electron chi connectivity index (χ1n) is 11.9. The number of rotatable bonds is 22. The maximum Gasteiger partial charge on any atom is 0.119 e. The molecule has 0 radical (unpaired) electrons. The first-order valence-corrected chi connectivity index (χ1v) is 11.9. The van der Waals surface area contributed by atoms with Gasteiger partial charge in [-0.3, -0.25) is 5.26 Å². The summed E-state index contributed by atoms with van der Waals surface area (Å²) in [4.78, 5) is 4.59. The quantitative estimate of drug-likeness (QED) is 0.139. The van der Waals surface area contributed by atoms with Gasteiger partial charge >= 0.3 is 0 Å². The molecular weight excluding hydrogens is 396 g/mol. The molecule has 1 N–H and O–H groups in total. The van der Waals surface area contributed by atoms with Crippen LogP contribution in [0.25, 0.3) is 0 Å². The average molecular weight is 441 g/mol. The zero-order valence-corrected chi connectivity index (χ0v) is 19.7. The van der Waals surface area contributed by atoms with E-state index in [-0.39, 0.29) is 6.10 Å². The first-order chi connectivity index (χ1) is 15.3. The maximum atomic E-state index is 9.05. The van der Waals surface area contributed by atoms with Crippen molar-refractivity contribution >= 4 is 0 Å². The molecule has 1 rings (SSSR count). The number of aryl methyl sites for hydroxylation is 1. The van der Waals surface area contributed by atoms with E-state index in [1.807, 2.05) is 12.1 Å². The highest BCUT2D eigenvalue weighted by Crippen LogP contribution is 2.15. The van der Waals surface area contributed by atoms with Crippen molar-refractivity contribution in [1.29, 1.82) is 0 Å². The lowest BCUT2D eigenvalue weighted by atomic mass is 10.0. The Morgan fingerprint density at radius 1 is 0.677 bits per heavy atom. The Balaban J connectivity index is 1.83. The summed E-state index contributed by atoms with van der Waals surface area (Å²) < 4.78 is 21.5. The topological polar surface area (TPSA) is 66.4 Å². The van der Waals surface area contributed by atoms with Crippen molar-refractivity contribution < 1.29 is 29.1 Å². The minimum Gasteiger partial charge on any atom is -0.494 e. The molecule has 1 aromatic carbocycles. The number of unbranched alkanes of at least 4 members (excludes halogenated alkanes) is 7. The maximum absolute atomic E-state index is 9.05. The summed E-state index contributed by atoms with van der Waals surface area (Å²) >= 11 is 0. The molecule has 1 aromatic rings. The van der Waals surface area contributed by atoms with Crippen LogP contribution < -0.4 is 4.74 Å². The molecule has 0 aliphatic rings. The van der Waals surface area contributed by atoms with E-state index < -0.39 is 0 Å². The van der Waals surface area contributed by atoms with Gasteiger partial charge in [0.2, 0.25) is 0 Å². The molecule has 0 bridgehead atoms. The van der Waals surface area contributed by atoms with Gasteiger partial charge in [0, 0.05) is 20.1 Å². The van der Waals surface area contributed by atoms with Crippen molar-refractivity contribution in [2.24, 2.45) is 0 Å². The zero-order valence-electron chi connectivity index (χ0n) is 19.7. The van der Waals surface area contributed by atoms with Crippen LogP contribution in [0.2, 0.25) is 0 Å². The Morgan fingerprint density at radius 2 is 1.26 bits per heavy atom. The van der Waals surface area contributed by atoms with Crippen molar-refractivity contribution in [3.8, 4) is 5.75 Å². The number of hydrogen-bond donors (Lipinski definition) is 1. The van der Waals surface area contributed by atoms with Gasteiger partial charge in [0.1, 0.15) is 5.75 Å². The lowest BCUT2D eigenvalue weighted by Gasteiger charge is -2.13. The second-order valence-corrected chi connectivity index (χ2v) is 8.01. The highest BCUT2D eigenvalue weighted by atomic mass is 17.1. The summed E-state index contributed by atoms with van der Waals surface area (Å²) in [5.41, 5.74) is 1.26. The Kier molecular flexibility index (Phi) is 18.6. The zero-order chi connectivity index (χ0) is 22.4. The molecule has 0 saturated heterocycles. The molecular formula is C25H44O6. The third-order valence-electron chi connectivity index (χ3n) is 5.25. The molecule has 6 heteroatoms. The highest BCUT2D eigenvalue weighted by Gasteiger charge is 2.08. The molecule has 6 nitrogen and oxygen atoms in total. The Bertz CT molecular complexity index is 493. The molecule has 0 spiro atoms. The molecule has 31 heavy (non-hydrogen) atoms. The van der Waals surface area contributed by atoms with E-state index in [0.717, 1.165) is 31.6 Å². The summed E-state index contributed by atoms with van der Waals surface area (Å²) in [5.74, 6) is 0.967. The molecule has 0 heterocycles. The van der Waals surface area contributed by atoms with Crippen molar-refractivity contribution in [1.82, 2.24) is 0 Å². The largest absolute Gasteiger partial charge is 0.494 e. The molecule has 0 aromatic heterocycles. The van der Waals surface area contributed by atoms with Crippen LogP contribution in [-0.2, 0) is 19.1 Å². The number of benzene rings is 1. The minimum atomic E-state index is -0.136. The lowest BCUT2D eigenvalue weighted by Crippen LogP contribution is -2.15. The summed E-state index contributed by atoms with van der Waals surface area (Å²) in [6.07, 6.45) is 11.1. The molecule has 0 fully saturated rings. The second-order valence-electron chi connectivity index (χ2n) is 8.01. The molecule has 180 valence electrons. The summed E-state index contributed by atoms with van der Waals surface area (Å²) in [6, 6.07) is 8.24. The van der Waals surface area contributed by atoms with Crippen LogP contribution in [0.1, 0.15) is 69.8 Å². The van der Waals surface area contributed by atoms with Gasteiger partial charge in [-0.2, -0.15) is 0 Å².